The lowest BCUT2D eigenvalue weighted by molar-refractivity contribution is 0.337. The first-order chi connectivity index (χ1) is 4.74. The van der Waals surface area contributed by atoms with Crippen molar-refractivity contribution in [3.8, 4) is 5.88 Å². The second-order valence-electron chi connectivity index (χ2n) is 1.60. The summed E-state index contributed by atoms with van der Waals surface area (Å²) in [6, 6.07) is 1.53. The van der Waals surface area contributed by atoms with E-state index in [-0.39, 0.29) is 4.99 Å². The van der Waals surface area contributed by atoms with Gasteiger partial charge in [0.1, 0.15) is 4.99 Å². The summed E-state index contributed by atoms with van der Waals surface area (Å²) >= 11 is 4.61. The summed E-state index contributed by atoms with van der Waals surface area (Å²) in [6.45, 7) is 0. The molecule has 2 N–H and O–H groups in total. The Labute approximate surface area is 62.9 Å². The topological polar surface area (TPSA) is 61.3 Å². The summed E-state index contributed by atoms with van der Waals surface area (Å²) in [5.41, 5.74) is 5.22. The summed E-state index contributed by atoms with van der Waals surface area (Å²) in [7, 11) is 1.49. The summed E-state index contributed by atoms with van der Waals surface area (Å²) < 4.78 is 9.40. The minimum absolute atomic E-state index is 0.177. The highest BCUT2D eigenvalue weighted by Gasteiger charge is 2.04. The second-order valence-corrected chi connectivity index (χ2v) is 2.04. The molecule has 0 saturated heterocycles. The molecule has 0 unspecified atom stereocenters. The van der Waals surface area contributed by atoms with Gasteiger partial charge in [0.05, 0.1) is 13.2 Å². The van der Waals surface area contributed by atoms with Crippen LogP contribution >= 0.6 is 12.2 Å². The number of methoxy groups -OCH3 is 1. The van der Waals surface area contributed by atoms with E-state index in [9.17, 15) is 0 Å². The summed E-state index contributed by atoms with van der Waals surface area (Å²) in [5.74, 6) is 0.745. The van der Waals surface area contributed by atoms with Gasteiger partial charge >= 0.3 is 0 Å². The fraction of sp³-hybridized carbons (Fsp3) is 0.200. The number of ether oxygens (including phenoxy) is 1. The minimum atomic E-state index is 0.177. The standard InChI is InChI=1S/C5H6N2O2S/c1-8-4-2-3(5(6)10)9-7-4/h2H,1H3,(H2,6,10). The van der Waals surface area contributed by atoms with Gasteiger partial charge in [0.15, 0.2) is 5.76 Å². The molecule has 1 aromatic rings. The Balaban J connectivity index is 2.88. The monoisotopic (exact) mass is 158 g/mol. The summed E-state index contributed by atoms with van der Waals surface area (Å²) in [4.78, 5) is 0.177. The number of thiocarbonyl (C=S) groups is 1. The molecule has 10 heavy (non-hydrogen) atoms. The van der Waals surface area contributed by atoms with Crippen molar-refractivity contribution < 1.29 is 9.26 Å². The number of nitrogens with zero attached hydrogens (tertiary/aromatic N) is 1. The molecule has 0 radical (unpaired) electrons. The number of rotatable bonds is 2. The largest absolute Gasteiger partial charge is 0.479 e. The molecule has 1 rings (SSSR count). The first-order valence-electron chi connectivity index (χ1n) is 2.54. The lowest BCUT2D eigenvalue weighted by Gasteiger charge is -1.84. The van der Waals surface area contributed by atoms with Crippen LogP contribution in [0, 0.1) is 0 Å². The molecular formula is C5H6N2O2S. The third-order valence-corrected chi connectivity index (χ3v) is 1.14. The molecular weight excluding hydrogens is 152 g/mol. The first kappa shape index (κ1) is 7.01. The van der Waals surface area contributed by atoms with E-state index >= 15 is 0 Å². The van der Waals surface area contributed by atoms with E-state index in [4.69, 9.17) is 10.5 Å². The number of aromatic nitrogens is 1. The highest BCUT2D eigenvalue weighted by molar-refractivity contribution is 7.80. The van der Waals surface area contributed by atoms with Crippen molar-refractivity contribution in [1.29, 1.82) is 0 Å². The molecule has 0 bridgehead atoms. The molecule has 0 aliphatic rings. The zero-order valence-corrected chi connectivity index (χ0v) is 6.14. The second kappa shape index (κ2) is 2.66. The maximum atomic E-state index is 5.22. The zero-order chi connectivity index (χ0) is 7.56. The van der Waals surface area contributed by atoms with Crippen LogP contribution in [0.4, 0.5) is 0 Å². The summed E-state index contributed by atoms with van der Waals surface area (Å²) in [5, 5.41) is 3.49. The third-order valence-electron chi connectivity index (χ3n) is 0.941. The van der Waals surface area contributed by atoms with Crippen molar-refractivity contribution in [2.75, 3.05) is 7.11 Å². The van der Waals surface area contributed by atoms with Crippen LogP contribution in [0.2, 0.25) is 0 Å². The van der Waals surface area contributed by atoms with E-state index in [0.717, 1.165) is 0 Å². The molecule has 1 heterocycles. The van der Waals surface area contributed by atoms with E-state index in [1.54, 1.807) is 0 Å². The van der Waals surface area contributed by atoms with Crippen LogP contribution in [-0.2, 0) is 0 Å². The lowest BCUT2D eigenvalue weighted by Crippen LogP contribution is -2.07. The Bertz CT molecular complexity index is 246. The first-order valence-corrected chi connectivity index (χ1v) is 2.95. The number of hydrogen-bond donors (Lipinski definition) is 1. The fourth-order valence-corrected chi connectivity index (χ4v) is 0.568. The molecule has 0 atom stereocenters. The number of nitrogens with two attached hydrogens (primary N) is 1. The van der Waals surface area contributed by atoms with Gasteiger partial charge in [-0.15, -0.1) is 0 Å². The lowest BCUT2D eigenvalue weighted by atomic mass is 10.5. The number of hydrogen-bond acceptors (Lipinski definition) is 4. The zero-order valence-electron chi connectivity index (χ0n) is 5.33. The third kappa shape index (κ3) is 1.24. The maximum absolute atomic E-state index is 5.22. The Kier molecular flexibility index (Phi) is 1.86. The molecule has 0 saturated carbocycles. The van der Waals surface area contributed by atoms with Gasteiger partial charge in [-0.25, -0.2) is 0 Å². The molecule has 0 fully saturated rings. The Morgan fingerprint density at radius 3 is 2.90 bits per heavy atom. The highest BCUT2D eigenvalue weighted by atomic mass is 32.1. The quantitative estimate of drug-likeness (QED) is 0.628. The molecule has 1 aromatic heterocycles. The molecule has 0 spiro atoms. The SMILES string of the molecule is COc1cc(C(N)=S)on1. The minimum Gasteiger partial charge on any atom is -0.479 e. The van der Waals surface area contributed by atoms with E-state index in [1.165, 1.54) is 13.2 Å². The van der Waals surface area contributed by atoms with Crippen LogP contribution in [0.5, 0.6) is 5.88 Å². The normalized spacial score (nSPS) is 9.30. The van der Waals surface area contributed by atoms with Crippen molar-refractivity contribution in [1.82, 2.24) is 5.16 Å². The van der Waals surface area contributed by atoms with Gasteiger partial charge < -0.3 is 15.0 Å². The Morgan fingerprint density at radius 2 is 2.60 bits per heavy atom. The molecule has 4 nitrogen and oxygen atoms in total. The Hall–Kier alpha value is -1.10. The van der Waals surface area contributed by atoms with E-state index in [2.05, 4.69) is 21.9 Å². The molecule has 0 aliphatic carbocycles. The smallest absolute Gasteiger partial charge is 0.254 e. The van der Waals surface area contributed by atoms with Crippen LogP contribution in [0.1, 0.15) is 5.76 Å². The van der Waals surface area contributed by atoms with Crippen molar-refractivity contribution in [2.24, 2.45) is 5.73 Å². The van der Waals surface area contributed by atoms with Gasteiger partial charge in [-0.2, -0.15) is 0 Å². The van der Waals surface area contributed by atoms with Crippen LogP contribution in [-0.4, -0.2) is 17.3 Å². The van der Waals surface area contributed by atoms with Gasteiger partial charge in [0, 0.05) is 0 Å². The predicted octanol–water partition coefficient (Wildman–Crippen LogP) is 0.317. The fourth-order valence-electron chi connectivity index (χ4n) is 0.471. The molecule has 0 aromatic carbocycles. The van der Waals surface area contributed by atoms with Gasteiger partial charge in [-0.3, -0.25) is 0 Å². The summed E-state index contributed by atoms with van der Waals surface area (Å²) in [6.07, 6.45) is 0. The van der Waals surface area contributed by atoms with Gasteiger partial charge in [0.2, 0.25) is 0 Å². The predicted molar refractivity (Wildman–Crippen MR) is 38.9 cm³/mol. The molecule has 0 amide bonds. The highest BCUT2D eigenvalue weighted by Crippen LogP contribution is 2.09. The van der Waals surface area contributed by atoms with Crippen LogP contribution in [0.15, 0.2) is 10.6 Å². The molecule has 54 valence electrons. The average molecular weight is 158 g/mol. The average Bonchev–Trinajstić information content (AvgIpc) is 2.34. The molecule has 5 heteroatoms. The van der Waals surface area contributed by atoms with Crippen molar-refractivity contribution in [2.45, 2.75) is 0 Å². The van der Waals surface area contributed by atoms with Crippen LogP contribution in [0.3, 0.4) is 0 Å². The Morgan fingerprint density at radius 1 is 1.90 bits per heavy atom. The van der Waals surface area contributed by atoms with Crippen LogP contribution < -0.4 is 10.5 Å². The van der Waals surface area contributed by atoms with Crippen LogP contribution in [0.25, 0.3) is 0 Å². The van der Waals surface area contributed by atoms with Gasteiger partial charge in [0.25, 0.3) is 5.88 Å². The van der Waals surface area contributed by atoms with Crippen molar-refractivity contribution >= 4 is 17.2 Å². The van der Waals surface area contributed by atoms with E-state index in [1.807, 2.05) is 0 Å². The van der Waals surface area contributed by atoms with Crippen molar-refractivity contribution in [3.05, 3.63) is 11.8 Å². The van der Waals surface area contributed by atoms with Gasteiger partial charge in [-0.05, 0) is 5.16 Å². The van der Waals surface area contributed by atoms with E-state index < -0.39 is 0 Å². The van der Waals surface area contributed by atoms with Crippen molar-refractivity contribution in [3.63, 3.8) is 0 Å². The van der Waals surface area contributed by atoms with Gasteiger partial charge in [-0.1, -0.05) is 12.2 Å². The maximum Gasteiger partial charge on any atom is 0.254 e. The molecule has 0 aliphatic heterocycles. The van der Waals surface area contributed by atoms with E-state index in [0.29, 0.717) is 11.6 Å².